The van der Waals surface area contributed by atoms with Crippen LogP contribution in [0.5, 0.6) is 0 Å². The summed E-state index contributed by atoms with van der Waals surface area (Å²) in [5, 5.41) is 1.15. The zero-order chi connectivity index (χ0) is 11.0. The molecule has 78 valence electrons. The molecule has 0 saturated heterocycles. The average Bonchev–Trinajstić information content (AvgIpc) is 2.73. The van der Waals surface area contributed by atoms with E-state index in [1.807, 2.05) is 36.4 Å². The van der Waals surface area contributed by atoms with Gasteiger partial charge in [-0.25, -0.2) is 0 Å². The Morgan fingerprint density at radius 2 is 1.69 bits per heavy atom. The smallest absolute Gasteiger partial charge is 0.0464 e. The zero-order valence-corrected chi connectivity index (χ0v) is 8.77. The van der Waals surface area contributed by atoms with Crippen molar-refractivity contribution in [1.82, 2.24) is 4.98 Å². The third-order valence-corrected chi connectivity index (χ3v) is 2.73. The molecule has 0 fully saturated rings. The van der Waals surface area contributed by atoms with Gasteiger partial charge in [0.15, 0.2) is 0 Å². The maximum atomic E-state index is 5.76. The minimum Gasteiger partial charge on any atom is -0.399 e. The van der Waals surface area contributed by atoms with E-state index < -0.39 is 0 Å². The molecular formula is C14H12N2. The summed E-state index contributed by atoms with van der Waals surface area (Å²) in [7, 11) is 0. The number of rotatable bonds is 1. The second-order valence-electron chi connectivity index (χ2n) is 3.90. The molecule has 0 aliphatic carbocycles. The van der Waals surface area contributed by atoms with E-state index in [1.54, 1.807) is 0 Å². The quantitative estimate of drug-likeness (QED) is 0.591. The Labute approximate surface area is 93.7 Å². The summed E-state index contributed by atoms with van der Waals surface area (Å²) >= 11 is 0. The number of nitrogens with two attached hydrogens (primary N) is 1. The topological polar surface area (TPSA) is 41.8 Å². The Hall–Kier alpha value is -2.22. The first-order chi connectivity index (χ1) is 7.83. The van der Waals surface area contributed by atoms with E-state index in [-0.39, 0.29) is 0 Å². The van der Waals surface area contributed by atoms with E-state index in [9.17, 15) is 0 Å². The van der Waals surface area contributed by atoms with Gasteiger partial charge in [-0.1, -0.05) is 30.3 Å². The molecule has 3 N–H and O–H groups in total. The van der Waals surface area contributed by atoms with E-state index in [4.69, 9.17) is 5.73 Å². The molecule has 0 aliphatic heterocycles. The summed E-state index contributed by atoms with van der Waals surface area (Å²) in [5.41, 5.74) is 9.99. The van der Waals surface area contributed by atoms with Crippen molar-refractivity contribution in [2.45, 2.75) is 0 Å². The van der Waals surface area contributed by atoms with Crippen LogP contribution in [-0.4, -0.2) is 4.98 Å². The molecule has 3 aromatic rings. The maximum Gasteiger partial charge on any atom is 0.0464 e. The van der Waals surface area contributed by atoms with Crippen molar-refractivity contribution in [2.75, 3.05) is 5.73 Å². The van der Waals surface area contributed by atoms with E-state index in [1.165, 1.54) is 5.56 Å². The van der Waals surface area contributed by atoms with Crippen LogP contribution in [0.15, 0.2) is 54.6 Å². The summed E-state index contributed by atoms with van der Waals surface area (Å²) in [6.45, 7) is 0. The van der Waals surface area contributed by atoms with Crippen LogP contribution in [0, 0.1) is 0 Å². The molecule has 2 heteroatoms. The highest BCUT2D eigenvalue weighted by atomic mass is 14.7. The number of fused-ring (bicyclic) bond motifs is 1. The van der Waals surface area contributed by atoms with Gasteiger partial charge in [0.25, 0.3) is 0 Å². The number of hydrogen-bond donors (Lipinski definition) is 2. The van der Waals surface area contributed by atoms with Gasteiger partial charge in [0.1, 0.15) is 0 Å². The molecule has 2 aromatic carbocycles. The van der Waals surface area contributed by atoms with Gasteiger partial charge in [0, 0.05) is 22.3 Å². The highest BCUT2D eigenvalue weighted by Crippen LogP contribution is 2.25. The molecule has 0 aliphatic rings. The molecule has 0 unspecified atom stereocenters. The van der Waals surface area contributed by atoms with Crippen LogP contribution < -0.4 is 5.73 Å². The summed E-state index contributed by atoms with van der Waals surface area (Å²) in [5.74, 6) is 0. The molecule has 2 nitrogen and oxygen atoms in total. The number of aromatic amines is 1. The fourth-order valence-corrected chi connectivity index (χ4v) is 1.92. The molecule has 0 saturated carbocycles. The summed E-state index contributed by atoms with van der Waals surface area (Å²) < 4.78 is 0. The lowest BCUT2D eigenvalue weighted by Crippen LogP contribution is -1.81. The van der Waals surface area contributed by atoms with Crippen molar-refractivity contribution in [1.29, 1.82) is 0 Å². The minimum atomic E-state index is 0.797. The minimum absolute atomic E-state index is 0.797. The largest absolute Gasteiger partial charge is 0.399 e. The van der Waals surface area contributed by atoms with Gasteiger partial charge < -0.3 is 10.7 Å². The van der Waals surface area contributed by atoms with Crippen molar-refractivity contribution in [2.24, 2.45) is 0 Å². The van der Waals surface area contributed by atoms with E-state index in [0.717, 1.165) is 22.3 Å². The van der Waals surface area contributed by atoms with Crippen LogP contribution >= 0.6 is 0 Å². The fraction of sp³-hybridized carbons (Fsp3) is 0. The Balaban J connectivity index is 2.19. The highest BCUT2D eigenvalue weighted by molar-refractivity contribution is 5.88. The summed E-state index contributed by atoms with van der Waals surface area (Å²) in [6, 6.07) is 18.3. The Morgan fingerprint density at radius 3 is 2.50 bits per heavy atom. The van der Waals surface area contributed by atoms with Crippen molar-refractivity contribution in [3.8, 4) is 11.3 Å². The van der Waals surface area contributed by atoms with Gasteiger partial charge in [-0.3, -0.25) is 0 Å². The number of hydrogen-bond acceptors (Lipinski definition) is 1. The molecule has 0 bridgehead atoms. The van der Waals surface area contributed by atoms with Crippen LogP contribution in [0.3, 0.4) is 0 Å². The molecule has 0 amide bonds. The summed E-state index contributed by atoms with van der Waals surface area (Å²) in [6.07, 6.45) is 0. The van der Waals surface area contributed by atoms with Gasteiger partial charge in [0.05, 0.1) is 0 Å². The van der Waals surface area contributed by atoms with Gasteiger partial charge >= 0.3 is 0 Å². The first kappa shape index (κ1) is 9.04. The third-order valence-electron chi connectivity index (χ3n) is 2.73. The molecule has 0 spiro atoms. The SMILES string of the molecule is Nc1ccc2[nH]c(-c3ccccc3)cc2c1. The number of H-pyrrole nitrogens is 1. The van der Waals surface area contributed by atoms with Gasteiger partial charge in [0.2, 0.25) is 0 Å². The third kappa shape index (κ3) is 1.44. The predicted octanol–water partition coefficient (Wildman–Crippen LogP) is 3.42. The van der Waals surface area contributed by atoms with Crippen molar-refractivity contribution < 1.29 is 0 Å². The first-order valence-corrected chi connectivity index (χ1v) is 5.26. The van der Waals surface area contributed by atoms with E-state index in [2.05, 4.69) is 23.2 Å². The summed E-state index contributed by atoms with van der Waals surface area (Å²) in [4.78, 5) is 3.38. The molecule has 3 rings (SSSR count). The van der Waals surface area contributed by atoms with Crippen LogP contribution in [-0.2, 0) is 0 Å². The van der Waals surface area contributed by atoms with E-state index >= 15 is 0 Å². The number of anilines is 1. The van der Waals surface area contributed by atoms with Gasteiger partial charge in [-0.15, -0.1) is 0 Å². The molecule has 0 atom stereocenters. The van der Waals surface area contributed by atoms with Gasteiger partial charge in [-0.05, 0) is 29.8 Å². The number of benzene rings is 2. The van der Waals surface area contributed by atoms with Crippen molar-refractivity contribution in [3.05, 3.63) is 54.6 Å². The molecule has 1 heterocycles. The Bertz CT molecular complexity index is 624. The maximum absolute atomic E-state index is 5.76. The van der Waals surface area contributed by atoms with E-state index in [0.29, 0.717) is 0 Å². The number of aromatic nitrogens is 1. The van der Waals surface area contributed by atoms with Crippen LogP contribution in [0.2, 0.25) is 0 Å². The average molecular weight is 208 g/mol. The highest BCUT2D eigenvalue weighted by Gasteiger charge is 2.02. The number of nitrogen functional groups attached to an aromatic ring is 1. The van der Waals surface area contributed by atoms with Crippen LogP contribution in [0.4, 0.5) is 5.69 Å². The number of nitrogens with one attached hydrogen (secondary N) is 1. The predicted molar refractivity (Wildman–Crippen MR) is 68.1 cm³/mol. The van der Waals surface area contributed by atoms with Crippen molar-refractivity contribution >= 4 is 16.6 Å². The second-order valence-corrected chi connectivity index (χ2v) is 3.90. The standard InChI is InChI=1S/C14H12N2/c15-12-6-7-13-11(8-12)9-14(16-13)10-4-2-1-3-5-10/h1-9,16H,15H2. The second kappa shape index (κ2) is 3.42. The normalized spacial score (nSPS) is 10.8. The molecular weight excluding hydrogens is 196 g/mol. The van der Waals surface area contributed by atoms with Gasteiger partial charge in [-0.2, -0.15) is 0 Å². The molecule has 0 radical (unpaired) electrons. The van der Waals surface area contributed by atoms with Crippen LogP contribution in [0.1, 0.15) is 0 Å². The molecule has 1 aromatic heterocycles. The van der Waals surface area contributed by atoms with Crippen molar-refractivity contribution in [3.63, 3.8) is 0 Å². The monoisotopic (exact) mass is 208 g/mol. The fourth-order valence-electron chi connectivity index (χ4n) is 1.92. The Kier molecular flexibility index (Phi) is 1.93. The first-order valence-electron chi connectivity index (χ1n) is 5.26. The lowest BCUT2D eigenvalue weighted by molar-refractivity contribution is 1.45. The lowest BCUT2D eigenvalue weighted by atomic mass is 10.1. The lowest BCUT2D eigenvalue weighted by Gasteiger charge is -1.95. The zero-order valence-electron chi connectivity index (χ0n) is 8.77. The Morgan fingerprint density at radius 1 is 0.875 bits per heavy atom. The van der Waals surface area contributed by atoms with Crippen LogP contribution in [0.25, 0.3) is 22.2 Å². The molecule has 16 heavy (non-hydrogen) atoms.